The van der Waals surface area contributed by atoms with Crippen LogP contribution in [0.2, 0.25) is 5.02 Å². The first kappa shape index (κ1) is 21.7. The molecule has 0 saturated carbocycles. The molecule has 1 heterocycles. The van der Waals surface area contributed by atoms with Crippen LogP contribution in [0.25, 0.3) is 0 Å². The maximum atomic E-state index is 12.8. The fourth-order valence-electron chi connectivity index (χ4n) is 2.74. The molecule has 150 valence electrons. The summed E-state index contributed by atoms with van der Waals surface area (Å²) >= 11 is 6.03. The lowest BCUT2D eigenvalue weighted by Crippen LogP contribution is -2.35. The molecule has 0 radical (unpaired) electrons. The molecule has 0 aromatic heterocycles. The molecule has 1 saturated heterocycles. The van der Waals surface area contributed by atoms with E-state index >= 15 is 0 Å². The number of nitrogens with one attached hydrogen (secondary N) is 1. The van der Waals surface area contributed by atoms with E-state index in [1.165, 1.54) is 22.5 Å². The molecular weight excluding hydrogens is 392 g/mol. The number of piperidine rings is 1. The molecule has 7 nitrogen and oxygen atoms in total. The van der Waals surface area contributed by atoms with Crippen LogP contribution in [0, 0.1) is 0 Å². The van der Waals surface area contributed by atoms with Gasteiger partial charge < -0.3 is 10.1 Å². The Morgan fingerprint density at radius 3 is 2.59 bits per heavy atom. The highest BCUT2D eigenvalue weighted by Gasteiger charge is 2.27. The van der Waals surface area contributed by atoms with Crippen LogP contribution in [-0.2, 0) is 19.6 Å². The van der Waals surface area contributed by atoms with Crippen molar-refractivity contribution in [3.63, 3.8) is 0 Å². The number of hydrogen-bond acceptors (Lipinski definition) is 5. The fourth-order valence-corrected chi connectivity index (χ4v) is 4.48. The molecule has 1 aliphatic heterocycles. The summed E-state index contributed by atoms with van der Waals surface area (Å²) in [5, 5.41) is 2.71. The van der Waals surface area contributed by atoms with E-state index in [4.69, 9.17) is 16.3 Å². The van der Waals surface area contributed by atoms with E-state index in [9.17, 15) is 18.0 Å². The van der Waals surface area contributed by atoms with Gasteiger partial charge in [0.25, 0.3) is 5.91 Å². The number of carbonyl (C=O) groups excluding carboxylic acids is 2. The number of hydrogen-bond donors (Lipinski definition) is 1. The largest absolute Gasteiger partial charge is 0.452 e. The minimum Gasteiger partial charge on any atom is -0.452 e. The third kappa shape index (κ3) is 5.92. The minimum absolute atomic E-state index is 0.00635. The fraction of sp³-hybridized carbons (Fsp3) is 0.556. The van der Waals surface area contributed by atoms with Gasteiger partial charge in [-0.1, -0.05) is 31.4 Å². The molecule has 0 atom stereocenters. The van der Waals surface area contributed by atoms with E-state index in [0.717, 1.165) is 32.1 Å². The van der Waals surface area contributed by atoms with Crippen molar-refractivity contribution >= 4 is 33.5 Å². The number of carbonyl (C=O) groups is 2. The topological polar surface area (TPSA) is 92.8 Å². The Hall–Kier alpha value is -1.64. The van der Waals surface area contributed by atoms with Crippen LogP contribution in [0.3, 0.4) is 0 Å². The first-order valence-corrected chi connectivity index (χ1v) is 10.9. The average Bonchev–Trinajstić information content (AvgIpc) is 2.67. The molecule has 1 N–H and O–H groups in total. The predicted molar refractivity (Wildman–Crippen MR) is 102 cm³/mol. The average molecular weight is 417 g/mol. The summed E-state index contributed by atoms with van der Waals surface area (Å²) in [5.74, 6) is -1.24. The molecule has 1 aliphatic rings. The van der Waals surface area contributed by atoms with Crippen LogP contribution in [0.5, 0.6) is 0 Å². The molecule has 27 heavy (non-hydrogen) atoms. The number of sulfonamides is 1. The molecular formula is C18H25ClN2O5S. The van der Waals surface area contributed by atoms with Gasteiger partial charge in [0.2, 0.25) is 10.0 Å². The van der Waals surface area contributed by atoms with Gasteiger partial charge >= 0.3 is 5.97 Å². The van der Waals surface area contributed by atoms with E-state index in [0.29, 0.717) is 19.6 Å². The first-order valence-electron chi connectivity index (χ1n) is 9.09. The molecule has 1 aromatic carbocycles. The van der Waals surface area contributed by atoms with Crippen molar-refractivity contribution < 1.29 is 22.7 Å². The second-order valence-electron chi connectivity index (χ2n) is 6.39. The maximum Gasteiger partial charge on any atom is 0.340 e. The zero-order chi connectivity index (χ0) is 19.9. The number of ether oxygens (including phenoxy) is 1. The van der Waals surface area contributed by atoms with Gasteiger partial charge in [0, 0.05) is 19.6 Å². The summed E-state index contributed by atoms with van der Waals surface area (Å²) in [5.41, 5.74) is -0.0730. The summed E-state index contributed by atoms with van der Waals surface area (Å²) < 4.78 is 31.9. The van der Waals surface area contributed by atoms with Crippen LogP contribution in [0.4, 0.5) is 0 Å². The highest BCUT2D eigenvalue weighted by molar-refractivity contribution is 7.89. The van der Waals surface area contributed by atoms with Crippen molar-refractivity contribution in [3.8, 4) is 0 Å². The molecule has 0 spiro atoms. The Labute approximate surface area is 165 Å². The lowest BCUT2D eigenvalue weighted by atomic mass is 10.2. The highest BCUT2D eigenvalue weighted by Crippen LogP contribution is 2.25. The first-order chi connectivity index (χ1) is 12.9. The van der Waals surface area contributed by atoms with E-state index in [1.807, 2.05) is 6.92 Å². The van der Waals surface area contributed by atoms with Crippen molar-refractivity contribution in [1.82, 2.24) is 9.62 Å². The summed E-state index contributed by atoms with van der Waals surface area (Å²) in [4.78, 5) is 23.9. The zero-order valence-corrected chi connectivity index (χ0v) is 16.9. The quantitative estimate of drug-likeness (QED) is 0.519. The van der Waals surface area contributed by atoms with Gasteiger partial charge in [-0.2, -0.15) is 4.31 Å². The van der Waals surface area contributed by atoms with E-state index in [2.05, 4.69) is 5.32 Å². The third-order valence-electron chi connectivity index (χ3n) is 4.30. The predicted octanol–water partition coefficient (Wildman–Crippen LogP) is 2.59. The normalized spacial score (nSPS) is 15.3. The van der Waals surface area contributed by atoms with Crippen LogP contribution >= 0.6 is 11.6 Å². The van der Waals surface area contributed by atoms with Crippen molar-refractivity contribution in [2.24, 2.45) is 0 Å². The smallest absolute Gasteiger partial charge is 0.340 e. The Morgan fingerprint density at radius 1 is 1.22 bits per heavy atom. The Morgan fingerprint density at radius 2 is 1.93 bits per heavy atom. The Balaban J connectivity index is 2.07. The molecule has 1 fully saturated rings. The second kappa shape index (κ2) is 10.1. The van der Waals surface area contributed by atoms with E-state index in [-0.39, 0.29) is 15.5 Å². The van der Waals surface area contributed by atoms with Crippen LogP contribution in [0.15, 0.2) is 23.1 Å². The SMILES string of the molecule is CCCCNC(=O)COC(=O)c1cc(S(=O)(=O)N2CCCCC2)ccc1Cl. The van der Waals surface area contributed by atoms with E-state index < -0.39 is 28.5 Å². The number of unbranched alkanes of at least 4 members (excludes halogenated alkanes) is 1. The number of rotatable bonds is 8. The van der Waals surface area contributed by atoms with Gasteiger partial charge in [-0.25, -0.2) is 13.2 Å². The summed E-state index contributed by atoms with van der Waals surface area (Å²) in [7, 11) is -3.69. The summed E-state index contributed by atoms with van der Waals surface area (Å²) in [6.07, 6.45) is 4.41. The number of nitrogens with zero attached hydrogens (tertiary/aromatic N) is 1. The van der Waals surface area contributed by atoms with E-state index in [1.54, 1.807) is 0 Å². The van der Waals surface area contributed by atoms with Crippen LogP contribution < -0.4 is 5.32 Å². The molecule has 1 aromatic rings. The van der Waals surface area contributed by atoms with Gasteiger partial charge in [-0.05, 0) is 37.5 Å². The van der Waals surface area contributed by atoms with Crippen molar-refractivity contribution in [3.05, 3.63) is 28.8 Å². The van der Waals surface area contributed by atoms with Crippen molar-refractivity contribution in [1.29, 1.82) is 0 Å². The Kier molecular flexibility index (Phi) is 8.07. The van der Waals surface area contributed by atoms with Gasteiger partial charge in [0.1, 0.15) is 0 Å². The monoisotopic (exact) mass is 416 g/mol. The van der Waals surface area contributed by atoms with Crippen molar-refractivity contribution in [2.45, 2.75) is 43.9 Å². The molecule has 0 unspecified atom stereocenters. The lowest BCUT2D eigenvalue weighted by Gasteiger charge is -2.26. The maximum absolute atomic E-state index is 12.8. The van der Waals surface area contributed by atoms with Crippen LogP contribution in [0.1, 0.15) is 49.4 Å². The lowest BCUT2D eigenvalue weighted by molar-refractivity contribution is -0.124. The molecule has 0 bridgehead atoms. The van der Waals surface area contributed by atoms with Gasteiger partial charge in [-0.15, -0.1) is 0 Å². The van der Waals surface area contributed by atoms with Gasteiger partial charge in [-0.3, -0.25) is 4.79 Å². The van der Waals surface area contributed by atoms with Crippen LogP contribution in [-0.4, -0.2) is 50.8 Å². The van der Waals surface area contributed by atoms with Crippen molar-refractivity contribution in [2.75, 3.05) is 26.2 Å². The summed E-state index contributed by atoms with van der Waals surface area (Å²) in [6, 6.07) is 3.94. The Bertz CT molecular complexity index is 776. The molecule has 1 amide bonds. The van der Waals surface area contributed by atoms with Gasteiger partial charge in [0.05, 0.1) is 15.5 Å². The third-order valence-corrected chi connectivity index (χ3v) is 6.52. The number of halogens is 1. The number of amides is 1. The highest BCUT2D eigenvalue weighted by atomic mass is 35.5. The second-order valence-corrected chi connectivity index (χ2v) is 8.73. The standard InChI is InChI=1S/C18H25ClN2O5S/c1-2-3-9-20-17(22)13-26-18(23)15-12-14(7-8-16(15)19)27(24,25)21-10-5-4-6-11-21/h7-8,12H,2-6,9-11,13H2,1H3,(H,20,22). The molecule has 2 rings (SSSR count). The molecule has 9 heteroatoms. The summed E-state index contributed by atoms with van der Waals surface area (Å²) in [6.45, 7) is 2.99. The van der Waals surface area contributed by atoms with Gasteiger partial charge in [0.15, 0.2) is 6.61 Å². The number of esters is 1. The molecule has 0 aliphatic carbocycles. The zero-order valence-electron chi connectivity index (χ0n) is 15.4. The minimum atomic E-state index is -3.69. The number of benzene rings is 1.